The summed E-state index contributed by atoms with van der Waals surface area (Å²) >= 11 is 0. The molecule has 0 amide bonds. The molecule has 0 saturated heterocycles. The molecule has 0 aliphatic carbocycles. The summed E-state index contributed by atoms with van der Waals surface area (Å²) in [7, 11) is 3.12. The highest BCUT2D eigenvalue weighted by Gasteiger charge is 2.12. The molecule has 0 atom stereocenters. The van der Waals surface area contributed by atoms with Crippen LogP contribution >= 0.6 is 24.0 Å². The molecule has 0 aliphatic rings. The average molecular weight is 428 g/mol. The van der Waals surface area contributed by atoms with Gasteiger partial charge in [-0.25, -0.2) is 0 Å². The first-order chi connectivity index (χ1) is 9.92. The number of nitrogens with zero attached hydrogens (tertiary/aromatic N) is 2. The summed E-state index contributed by atoms with van der Waals surface area (Å²) in [6.07, 6.45) is 1.39. The molecule has 0 saturated carbocycles. The number of rotatable bonds is 9. The van der Waals surface area contributed by atoms with Crippen molar-refractivity contribution in [1.29, 1.82) is 0 Å². The molecule has 0 spiro atoms. The Morgan fingerprint density at radius 3 is 2.14 bits per heavy atom. The van der Waals surface area contributed by atoms with Crippen LogP contribution < -0.4 is 10.6 Å². The number of carbonyl (C=O) groups excluding carboxylic acids is 1. The third-order valence-electron chi connectivity index (χ3n) is 3.28. The number of hydrogen-bond donors (Lipinski definition) is 2. The van der Waals surface area contributed by atoms with Crippen molar-refractivity contribution in [2.24, 2.45) is 4.99 Å². The number of nitrogens with one attached hydrogen (secondary N) is 2. The minimum absolute atomic E-state index is 0. The number of methoxy groups -OCH3 is 1. The van der Waals surface area contributed by atoms with E-state index in [1.807, 2.05) is 0 Å². The monoisotopic (exact) mass is 428 g/mol. The van der Waals surface area contributed by atoms with E-state index in [1.165, 1.54) is 7.11 Å². The van der Waals surface area contributed by atoms with Gasteiger partial charge in [0.15, 0.2) is 5.96 Å². The largest absolute Gasteiger partial charge is 0.469 e. The van der Waals surface area contributed by atoms with Crippen molar-refractivity contribution in [1.82, 2.24) is 15.5 Å². The van der Waals surface area contributed by atoms with E-state index in [9.17, 15) is 4.79 Å². The lowest BCUT2D eigenvalue weighted by molar-refractivity contribution is -0.140. The molecule has 132 valence electrons. The van der Waals surface area contributed by atoms with E-state index in [1.54, 1.807) is 7.05 Å². The van der Waals surface area contributed by atoms with Crippen LogP contribution in [0.15, 0.2) is 4.99 Å². The Bertz CT molecular complexity index is 315. The van der Waals surface area contributed by atoms with Crippen molar-refractivity contribution in [2.75, 3.05) is 33.8 Å². The minimum Gasteiger partial charge on any atom is -0.469 e. The summed E-state index contributed by atoms with van der Waals surface area (Å²) in [5.41, 5.74) is 0. The Labute approximate surface area is 152 Å². The van der Waals surface area contributed by atoms with Gasteiger partial charge in [-0.15, -0.1) is 24.0 Å². The maximum absolute atomic E-state index is 11.0. The molecular formula is C15H33IN4O2. The van der Waals surface area contributed by atoms with Crippen molar-refractivity contribution >= 4 is 35.9 Å². The van der Waals surface area contributed by atoms with Crippen molar-refractivity contribution in [2.45, 2.75) is 52.6 Å². The first-order valence-corrected chi connectivity index (χ1v) is 7.69. The highest BCUT2D eigenvalue weighted by molar-refractivity contribution is 14.0. The smallest absolute Gasteiger partial charge is 0.307 e. The summed E-state index contributed by atoms with van der Waals surface area (Å²) in [6, 6.07) is 1.12. The first-order valence-electron chi connectivity index (χ1n) is 7.69. The van der Waals surface area contributed by atoms with E-state index >= 15 is 0 Å². The molecule has 0 aliphatic heterocycles. The molecule has 0 radical (unpaired) electrons. The number of carbonyl (C=O) groups is 1. The van der Waals surface area contributed by atoms with Crippen LogP contribution in [0, 0.1) is 0 Å². The summed E-state index contributed by atoms with van der Waals surface area (Å²) in [5.74, 6) is 0.502. The lowest BCUT2D eigenvalue weighted by atomic mass is 10.2. The molecule has 0 aromatic carbocycles. The number of ether oxygens (including phenoxy) is 1. The number of hydrogen-bond acceptors (Lipinski definition) is 4. The maximum Gasteiger partial charge on any atom is 0.307 e. The summed E-state index contributed by atoms with van der Waals surface area (Å²) in [4.78, 5) is 17.6. The molecular weight excluding hydrogens is 395 g/mol. The molecule has 22 heavy (non-hydrogen) atoms. The molecule has 2 N–H and O–H groups in total. The minimum atomic E-state index is -0.220. The Morgan fingerprint density at radius 2 is 1.68 bits per heavy atom. The molecule has 0 fully saturated rings. The van der Waals surface area contributed by atoms with Gasteiger partial charge >= 0.3 is 5.97 Å². The molecule has 0 bridgehead atoms. The van der Waals surface area contributed by atoms with Crippen LogP contribution in [0.4, 0.5) is 0 Å². The normalized spacial score (nSPS) is 11.6. The van der Waals surface area contributed by atoms with Gasteiger partial charge in [0.1, 0.15) is 0 Å². The fraction of sp³-hybridized carbons (Fsp3) is 0.867. The van der Waals surface area contributed by atoms with Gasteiger partial charge in [-0.3, -0.25) is 14.7 Å². The van der Waals surface area contributed by atoms with E-state index in [0.717, 1.165) is 25.5 Å². The van der Waals surface area contributed by atoms with Crippen molar-refractivity contribution in [3.05, 3.63) is 0 Å². The predicted molar refractivity (Wildman–Crippen MR) is 103 cm³/mol. The number of halogens is 1. The third-order valence-corrected chi connectivity index (χ3v) is 3.28. The van der Waals surface area contributed by atoms with Gasteiger partial charge in [-0.1, -0.05) is 0 Å². The molecule has 0 rings (SSSR count). The fourth-order valence-corrected chi connectivity index (χ4v) is 2.19. The standard InChI is InChI=1S/C15H32N4O2.HI/c1-12(2)19(13(3)4)11-7-9-17-15(16-5)18-10-8-14(20)21-6;/h12-13H,7-11H2,1-6H3,(H2,16,17,18);1H. The Kier molecular flexibility index (Phi) is 15.1. The van der Waals surface area contributed by atoms with Crippen LogP contribution in [-0.2, 0) is 9.53 Å². The number of aliphatic imine (C=N–C) groups is 1. The number of esters is 1. The van der Waals surface area contributed by atoms with Crippen LogP contribution in [0.2, 0.25) is 0 Å². The van der Waals surface area contributed by atoms with Crippen LogP contribution in [0.5, 0.6) is 0 Å². The van der Waals surface area contributed by atoms with Crippen molar-refractivity contribution in [3.63, 3.8) is 0 Å². The second kappa shape index (κ2) is 14.0. The van der Waals surface area contributed by atoms with Gasteiger partial charge in [0.2, 0.25) is 0 Å². The molecule has 6 nitrogen and oxygen atoms in total. The quantitative estimate of drug-likeness (QED) is 0.193. The summed E-state index contributed by atoms with van der Waals surface area (Å²) < 4.78 is 4.59. The molecule has 0 unspecified atom stereocenters. The van der Waals surface area contributed by atoms with E-state index in [0.29, 0.717) is 25.0 Å². The highest BCUT2D eigenvalue weighted by Crippen LogP contribution is 2.05. The summed E-state index contributed by atoms with van der Waals surface area (Å²) in [5, 5.41) is 6.35. The zero-order valence-electron chi connectivity index (χ0n) is 14.8. The van der Waals surface area contributed by atoms with Gasteiger partial charge in [0.05, 0.1) is 13.5 Å². The molecule has 7 heteroatoms. The molecule has 0 aromatic rings. The van der Waals surface area contributed by atoms with Gasteiger partial charge in [-0.05, 0) is 34.1 Å². The lowest BCUT2D eigenvalue weighted by Gasteiger charge is -2.30. The van der Waals surface area contributed by atoms with E-state index in [-0.39, 0.29) is 29.9 Å². The van der Waals surface area contributed by atoms with Gasteiger partial charge in [0.25, 0.3) is 0 Å². The van der Waals surface area contributed by atoms with Gasteiger partial charge < -0.3 is 15.4 Å². The average Bonchev–Trinajstić information content (AvgIpc) is 2.43. The predicted octanol–water partition coefficient (Wildman–Crippen LogP) is 1.84. The van der Waals surface area contributed by atoms with Gasteiger partial charge in [0, 0.05) is 38.8 Å². The Hall–Kier alpha value is -0.570. The maximum atomic E-state index is 11.0. The third kappa shape index (κ3) is 11.1. The van der Waals surface area contributed by atoms with Crippen LogP contribution in [0.3, 0.4) is 0 Å². The SMILES string of the molecule is CN=C(NCCCN(C(C)C)C(C)C)NCCC(=O)OC.I. The van der Waals surface area contributed by atoms with Gasteiger partial charge in [-0.2, -0.15) is 0 Å². The van der Waals surface area contributed by atoms with Crippen molar-refractivity contribution < 1.29 is 9.53 Å². The highest BCUT2D eigenvalue weighted by atomic mass is 127. The van der Waals surface area contributed by atoms with E-state index < -0.39 is 0 Å². The van der Waals surface area contributed by atoms with Crippen LogP contribution in [0.1, 0.15) is 40.5 Å². The zero-order chi connectivity index (χ0) is 16.3. The Morgan fingerprint density at radius 1 is 1.14 bits per heavy atom. The topological polar surface area (TPSA) is 66.0 Å². The fourth-order valence-electron chi connectivity index (χ4n) is 2.19. The zero-order valence-corrected chi connectivity index (χ0v) is 17.1. The first kappa shape index (κ1) is 23.7. The molecule has 0 aromatic heterocycles. The second-order valence-corrected chi connectivity index (χ2v) is 5.53. The molecule has 0 heterocycles. The van der Waals surface area contributed by atoms with E-state index in [2.05, 4.69) is 53.0 Å². The van der Waals surface area contributed by atoms with Crippen molar-refractivity contribution in [3.8, 4) is 0 Å². The Balaban J connectivity index is 0. The van der Waals surface area contributed by atoms with Crippen LogP contribution in [-0.4, -0.2) is 62.7 Å². The van der Waals surface area contributed by atoms with Crippen LogP contribution in [0.25, 0.3) is 0 Å². The summed E-state index contributed by atoms with van der Waals surface area (Å²) in [6.45, 7) is 11.3. The lowest BCUT2D eigenvalue weighted by Crippen LogP contribution is -2.41. The number of guanidine groups is 1. The van der Waals surface area contributed by atoms with E-state index in [4.69, 9.17) is 0 Å². The second-order valence-electron chi connectivity index (χ2n) is 5.53.